The molecule has 0 spiro atoms. The third kappa shape index (κ3) is 2.61. The molecule has 2 N–H and O–H groups in total. The molecule has 0 saturated carbocycles. The number of rotatable bonds is 3. The third-order valence-electron chi connectivity index (χ3n) is 2.75. The summed E-state index contributed by atoms with van der Waals surface area (Å²) in [5, 5.41) is 0. The van der Waals surface area contributed by atoms with E-state index in [9.17, 15) is 0 Å². The van der Waals surface area contributed by atoms with Crippen molar-refractivity contribution in [1.29, 1.82) is 0 Å². The summed E-state index contributed by atoms with van der Waals surface area (Å²) in [5.41, 5.74) is 7.49. The van der Waals surface area contributed by atoms with Crippen LogP contribution in [-0.4, -0.2) is 11.1 Å². The predicted molar refractivity (Wildman–Crippen MR) is 64.3 cm³/mol. The van der Waals surface area contributed by atoms with Gasteiger partial charge in [0.25, 0.3) is 0 Å². The summed E-state index contributed by atoms with van der Waals surface area (Å²) in [4.78, 5) is 4.38. The lowest BCUT2D eigenvalue weighted by atomic mass is 10.1. The number of nitrogens with two attached hydrogens (primary N) is 1. The number of aromatic nitrogens is 1. The fraction of sp³-hybridized carbons (Fsp3) is 0.462. The van der Waals surface area contributed by atoms with Crippen LogP contribution in [-0.2, 0) is 6.54 Å². The Labute approximate surface area is 96.3 Å². The van der Waals surface area contributed by atoms with Gasteiger partial charge >= 0.3 is 0 Å². The Balaban J connectivity index is 2.13. The zero-order valence-electron chi connectivity index (χ0n) is 9.65. The van der Waals surface area contributed by atoms with Gasteiger partial charge in [-0.2, -0.15) is 0 Å². The Kier molecular flexibility index (Phi) is 3.57. The molecule has 0 saturated heterocycles. The van der Waals surface area contributed by atoms with Crippen molar-refractivity contribution < 1.29 is 4.74 Å². The van der Waals surface area contributed by atoms with Gasteiger partial charge in [0.05, 0.1) is 5.69 Å². The van der Waals surface area contributed by atoms with Crippen LogP contribution in [0.3, 0.4) is 0 Å². The number of pyridine rings is 1. The number of nitrogens with zero attached hydrogens (tertiary/aromatic N) is 1. The van der Waals surface area contributed by atoms with E-state index in [0.717, 1.165) is 30.0 Å². The molecule has 0 aromatic carbocycles. The van der Waals surface area contributed by atoms with E-state index < -0.39 is 0 Å². The monoisotopic (exact) mass is 218 g/mol. The highest BCUT2D eigenvalue weighted by Crippen LogP contribution is 2.22. The first-order valence-corrected chi connectivity index (χ1v) is 5.79. The van der Waals surface area contributed by atoms with E-state index in [0.29, 0.717) is 6.54 Å². The maximum atomic E-state index is 5.90. The first-order chi connectivity index (χ1) is 7.79. The molecule has 0 aliphatic heterocycles. The van der Waals surface area contributed by atoms with Crippen LogP contribution in [0.2, 0.25) is 0 Å². The third-order valence-corrected chi connectivity index (χ3v) is 2.75. The molecular weight excluding hydrogens is 200 g/mol. The highest BCUT2D eigenvalue weighted by molar-refractivity contribution is 5.29. The van der Waals surface area contributed by atoms with E-state index in [1.165, 1.54) is 6.42 Å². The number of ether oxygens (including phenoxy) is 1. The minimum atomic E-state index is 0.184. The van der Waals surface area contributed by atoms with Crippen molar-refractivity contribution >= 4 is 0 Å². The second-order valence-electron chi connectivity index (χ2n) is 4.12. The molecule has 1 aromatic rings. The second-order valence-corrected chi connectivity index (χ2v) is 4.12. The fourth-order valence-corrected chi connectivity index (χ4v) is 1.89. The topological polar surface area (TPSA) is 48.1 Å². The van der Waals surface area contributed by atoms with Gasteiger partial charge in [-0.1, -0.05) is 6.08 Å². The lowest BCUT2D eigenvalue weighted by molar-refractivity contribution is 0.226. The van der Waals surface area contributed by atoms with Gasteiger partial charge in [0.15, 0.2) is 0 Å². The molecule has 16 heavy (non-hydrogen) atoms. The summed E-state index contributed by atoms with van der Waals surface area (Å²) in [5.74, 6) is 0.824. The van der Waals surface area contributed by atoms with E-state index in [1.54, 1.807) is 0 Å². The van der Waals surface area contributed by atoms with Crippen molar-refractivity contribution in [3.05, 3.63) is 35.7 Å². The maximum absolute atomic E-state index is 5.90. The average Bonchev–Trinajstić information content (AvgIpc) is 2.33. The SMILES string of the molecule is Cc1ccc(OC2C=CCCC2)c(CN)n1. The molecule has 1 unspecified atom stereocenters. The largest absolute Gasteiger partial charge is 0.484 e. The molecule has 0 fully saturated rings. The van der Waals surface area contributed by atoms with Crippen molar-refractivity contribution in [2.24, 2.45) is 5.73 Å². The van der Waals surface area contributed by atoms with Crippen LogP contribution in [0.25, 0.3) is 0 Å². The van der Waals surface area contributed by atoms with Crippen LogP contribution in [0.4, 0.5) is 0 Å². The molecule has 1 aliphatic rings. The maximum Gasteiger partial charge on any atom is 0.143 e. The molecule has 3 heteroatoms. The first kappa shape index (κ1) is 11.1. The van der Waals surface area contributed by atoms with E-state index in [2.05, 4.69) is 17.1 Å². The number of aryl methyl sites for hydroxylation is 1. The molecule has 2 rings (SSSR count). The molecule has 1 heterocycles. The van der Waals surface area contributed by atoms with Gasteiger partial charge in [-0.05, 0) is 44.4 Å². The Morgan fingerprint density at radius 1 is 1.50 bits per heavy atom. The summed E-state index contributed by atoms with van der Waals surface area (Å²) >= 11 is 0. The van der Waals surface area contributed by atoms with Crippen LogP contribution in [0.5, 0.6) is 5.75 Å². The molecule has 0 bridgehead atoms. The summed E-state index contributed by atoms with van der Waals surface area (Å²) < 4.78 is 5.90. The number of allylic oxidation sites excluding steroid dienone is 1. The Hall–Kier alpha value is -1.35. The van der Waals surface area contributed by atoms with E-state index in [1.807, 2.05) is 19.1 Å². The van der Waals surface area contributed by atoms with Crippen LogP contribution in [0, 0.1) is 6.92 Å². The van der Waals surface area contributed by atoms with Crippen LogP contribution in [0.15, 0.2) is 24.3 Å². The van der Waals surface area contributed by atoms with Gasteiger partial charge in [0, 0.05) is 12.2 Å². The summed E-state index contributed by atoms with van der Waals surface area (Å²) in [6.07, 6.45) is 7.92. The lowest BCUT2D eigenvalue weighted by Gasteiger charge is -2.19. The van der Waals surface area contributed by atoms with Gasteiger partial charge in [0.1, 0.15) is 11.9 Å². The molecule has 1 aromatic heterocycles. The highest BCUT2D eigenvalue weighted by atomic mass is 16.5. The van der Waals surface area contributed by atoms with Gasteiger partial charge in [-0.25, -0.2) is 0 Å². The van der Waals surface area contributed by atoms with Crippen molar-refractivity contribution in [3.8, 4) is 5.75 Å². The van der Waals surface area contributed by atoms with E-state index in [-0.39, 0.29) is 6.10 Å². The minimum absolute atomic E-state index is 0.184. The Bertz CT molecular complexity index is 388. The first-order valence-electron chi connectivity index (χ1n) is 5.79. The van der Waals surface area contributed by atoms with Gasteiger partial charge in [-0.3, -0.25) is 4.98 Å². The van der Waals surface area contributed by atoms with Crippen LogP contribution >= 0.6 is 0 Å². The van der Waals surface area contributed by atoms with Gasteiger partial charge in [-0.15, -0.1) is 0 Å². The fourth-order valence-electron chi connectivity index (χ4n) is 1.89. The highest BCUT2D eigenvalue weighted by Gasteiger charge is 2.12. The molecule has 1 aliphatic carbocycles. The minimum Gasteiger partial charge on any atom is -0.484 e. The standard InChI is InChI=1S/C13H18N2O/c1-10-7-8-13(12(9-14)15-10)16-11-5-3-2-4-6-11/h3,5,7-8,11H,2,4,6,9,14H2,1H3. The zero-order valence-corrected chi connectivity index (χ0v) is 9.65. The quantitative estimate of drug-likeness (QED) is 0.792. The van der Waals surface area contributed by atoms with Crippen molar-refractivity contribution in [2.45, 2.75) is 38.8 Å². The second kappa shape index (κ2) is 5.12. The molecule has 86 valence electrons. The van der Waals surface area contributed by atoms with Crippen molar-refractivity contribution in [3.63, 3.8) is 0 Å². The summed E-state index contributed by atoms with van der Waals surface area (Å²) in [7, 11) is 0. The summed E-state index contributed by atoms with van der Waals surface area (Å²) in [6, 6.07) is 3.92. The zero-order chi connectivity index (χ0) is 11.4. The van der Waals surface area contributed by atoms with Crippen molar-refractivity contribution in [2.75, 3.05) is 0 Å². The van der Waals surface area contributed by atoms with Gasteiger partial charge in [0.2, 0.25) is 0 Å². The molecule has 3 nitrogen and oxygen atoms in total. The molecule has 0 radical (unpaired) electrons. The van der Waals surface area contributed by atoms with E-state index in [4.69, 9.17) is 10.5 Å². The Morgan fingerprint density at radius 3 is 3.06 bits per heavy atom. The smallest absolute Gasteiger partial charge is 0.143 e. The average molecular weight is 218 g/mol. The number of hydrogen-bond donors (Lipinski definition) is 1. The van der Waals surface area contributed by atoms with Crippen LogP contribution < -0.4 is 10.5 Å². The van der Waals surface area contributed by atoms with Crippen LogP contribution in [0.1, 0.15) is 30.7 Å². The van der Waals surface area contributed by atoms with Crippen molar-refractivity contribution in [1.82, 2.24) is 4.98 Å². The number of hydrogen-bond acceptors (Lipinski definition) is 3. The molecular formula is C13H18N2O. The summed E-state index contributed by atoms with van der Waals surface area (Å²) in [6.45, 7) is 2.39. The molecule has 1 atom stereocenters. The lowest BCUT2D eigenvalue weighted by Crippen LogP contribution is -2.17. The predicted octanol–water partition coefficient (Wildman–Crippen LogP) is 2.34. The molecule has 0 amide bonds. The normalized spacial score (nSPS) is 19.8. The Morgan fingerprint density at radius 2 is 2.38 bits per heavy atom. The van der Waals surface area contributed by atoms with Gasteiger partial charge < -0.3 is 10.5 Å². The van der Waals surface area contributed by atoms with E-state index >= 15 is 0 Å².